The number of ether oxygens (including phenoxy) is 1. The van der Waals surface area contributed by atoms with Gasteiger partial charge in [-0.25, -0.2) is 8.42 Å². The van der Waals surface area contributed by atoms with Crippen LogP contribution < -0.4 is 10.0 Å². The third kappa shape index (κ3) is 6.34. The molecule has 24 heavy (non-hydrogen) atoms. The van der Waals surface area contributed by atoms with E-state index in [0.717, 1.165) is 0 Å². The summed E-state index contributed by atoms with van der Waals surface area (Å²) in [7, 11) is -0.907. The van der Waals surface area contributed by atoms with Gasteiger partial charge in [-0.3, -0.25) is 14.4 Å². The Labute approximate surface area is 140 Å². The molecule has 0 aliphatic carbocycles. The van der Waals surface area contributed by atoms with Crippen molar-refractivity contribution in [2.75, 3.05) is 32.6 Å². The molecular weight excluding hydrogens is 338 g/mol. The third-order valence-corrected chi connectivity index (χ3v) is 4.16. The molecule has 9 nitrogen and oxygen atoms in total. The van der Waals surface area contributed by atoms with E-state index in [1.165, 1.54) is 50.2 Å². The van der Waals surface area contributed by atoms with Crippen molar-refractivity contribution in [2.45, 2.75) is 11.8 Å². The maximum absolute atomic E-state index is 12.0. The summed E-state index contributed by atoms with van der Waals surface area (Å²) < 4.78 is 30.8. The summed E-state index contributed by atoms with van der Waals surface area (Å²) in [4.78, 5) is 34.8. The molecule has 1 aromatic rings. The van der Waals surface area contributed by atoms with Crippen LogP contribution in [0.1, 0.15) is 6.92 Å². The third-order valence-electron chi connectivity index (χ3n) is 2.75. The normalized spacial score (nSPS) is 10.8. The highest BCUT2D eigenvalue weighted by Gasteiger charge is 2.17. The largest absolute Gasteiger partial charge is 0.455 e. The minimum atomic E-state index is -3.91. The molecule has 0 spiro atoms. The lowest BCUT2D eigenvalue weighted by Crippen LogP contribution is -2.33. The Morgan fingerprint density at radius 2 is 1.71 bits per heavy atom. The van der Waals surface area contributed by atoms with Crippen LogP contribution in [-0.2, 0) is 29.1 Å². The molecule has 0 saturated carbocycles. The number of anilines is 1. The average Bonchev–Trinajstić information content (AvgIpc) is 2.50. The number of sulfonamides is 1. The van der Waals surface area contributed by atoms with E-state index in [9.17, 15) is 22.8 Å². The van der Waals surface area contributed by atoms with Gasteiger partial charge in [-0.15, -0.1) is 0 Å². The first kappa shape index (κ1) is 19.6. The van der Waals surface area contributed by atoms with E-state index in [1.807, 2.05) is 0 Å². The molecule has 0 unspecified atom stereocenters. The fourth-order valence-corrected chi connectivity index (χ4v) is 2.45. The molecule has 0 aliphatic rings. The second-order valence-electron chi connectivity index (χ2n) is 4.98. The lowest BCUT2D eigenvalue weighted by Gasteiger charge is -2.11. The maximum atomic E-state index is 12.0. The van der Waals surface area contributed by atoms with Crippen LogP contribution in [0.3, 0.4) is 0 Å². The van der Waals surface area contributed by atoms with E-state index in [4.69, 9.17) is 0 Å². The van der Waals surface area contributed by atoms with Crippen molar-refractivity contribution >= 4 is 33.5 Å². The van der Waals surface area contributed by atoms with E-state index >= 15 is 0 Å². The molecule has 0 radical (unpaired) electrons. The lowest BCUT2D eigenvalue weighted by atomic mass is 10.3. The minimum Gasteiger partial charge on any atom is -0.455 e. The van der Waals surface area contributed by atoms with Gasteiger partial charge < -0.3 is 15.0 Å². The van der Waals surface area contributed by atoms with Crippen LogP contribution in [-0.4, -0.2) is 58.3 Å². The molecule has 0 heterocycles. The SMILES string of the molecule is CC(=O)Nc1ccc(S(=O)(=O)NCC(=O)OCC(=O)N(C)C)cc1. The highest BCUT2D eigenvalue weighted by atomic mass is 32.2. The molecule has 0 aromatic heterocycles. The molecule has 0 bridgehead atoms. The number of hydrogen-bond donors (Lipinski definition) is 2. The Morgan fingerprint density at radius 1 is 1.12 bits per heavy atom. The number of nitrogens with one attached hydrogen (secondary N) is 2. The molecule has 1 aromatic carbocycles. The number of likely N-dealkylation sites (N-methyl/N-ethyl adjacent to an activating group) is 1. The van der Waals surface area contributed by atoms with Crippen molar-refractivity contribution < 1.29 is 27.5 Å². The van der Waals surface area contributed by atoms with E-state index in [1.54, 1.807) is 0 Å². The zero-order chi connectivity index (χ0) is 18.3. The molecule has 2 amide bonds. The standard InChI is InChI=1S/C14H19N3O6S/c1-10(18)16-11-4-6-12(7-5-11)24(21,22)15-8-14(20)23-9-13(19)17(2)3/h4-7,15H,8-9H2,1-3H3,(H,16,18). The van der Waals surface area contributed by atoms with Gasteiger partial charge in [-0.05, 0) is 24.3 Å². The minimum absolute atomic E-state index is 0.0752. The zero-order valence-electron chi connectivity index (χ0n) is 13.5. The van der Waals surface area contributed by atoms with Crippen molar-refractivity contribution in [3.63, 3.8) is 0 Å². The van der Waals surface area contributed by atoms with E-state index in [2.05, 4.69) is 14.8 Å². The van der Waals surface area contributed by atoms with Crippen LogP contribution in [0.2, 0.25) is 0 Å². The molecule has 0 aliphatic heterocycles. The molecule has 1 rings (SSSR count). The van der Waals surface area contributed by atoms with Gasteiger partial charge in [0.2, 0.25) is 15.9 Å². The van der Waals surface area contributed by atoms with Crippen LogP contribution in [0.5, 0.6) is 0 Å². The molecule has 0 atom stereocenters. The first-order chi connectivity index (χ1) is 11.1. The van der Waals surface area contributed by atoms with Crippen LogP contribution >= 0.6 is 0 Å². The van der Waals surface area contributed by atoms with Gasteiger partial charge in [0.1, 0.15) is 6.54 Å². The van der Waals surface area contributed by atoms with E-state index in [0.29, 0.717) is 5.69 Å². The van der Waals surface area contributed by atoms with Gasteiger partial charge in [0.15, 0.2) is 6.61 Å². The van der Waals surface area contributed by atoms with Gasteiger partial charge in [0.25, 0.3) is 5.91 Å². The average molecular weight is 357 g/mol. The summed E-state index contributed by atoms with van der Waals surface area (Å²) in [6.07, 6.45) is 0. The number of carbonyl (C=O) groups excluding carboxylic acids is 3. The number of hydrogen-bond acceptors (Lipinski definition) is 6. The summed E-state index contributed by atoms with van der Waals surface area (Å²) in [6.45, 7) is 0.272. The van der Waals surface area contributed by atoms with Crippen molar-refractivity contribution in [3.8, 4) is 0 Å². The highest BCUT2D eigenvalue weighted by molar-refractivity contribution is 7.89. The molecule has 10 heteroatoms. The second kappa shape index (κ2) is 8.41. The lowest BCUT2D eigenvalue weighted by molar-refractivity contribution is -0.149. The Morgan fingerprint density at radius 3 is 2.21 bits per heavy atom. The van der Waals surface area contributed by atoms with E-state index in [-0.39, 0.29) is 10.8 Å². The van der Waals surface area contributed by atoms with Crippen molar-refractivity contribution in [3.05, 3.63) is 24.3 Å². The fourth-order valence-electron chi connectivity index (χ4n) is 1.48. The first-order valence-electron chi connectivity index (χ1n) is 6.85. The monoisotopic (exact) mass is 357 g/mol. The first-order valence-corrected chi connectivity index (χ1v) is 8.33. The molecule has 132 valence electrons. The molecule has 0 fully saturated rings. The summed E-state index contributed by atoms with van der Waals surface area (Å²) in [6, 6.07) is 5.41. The van der Waals surface area contributed by atoms with Gasteiger partial charge >= 0.3 is 5.97 Å². The Hall–Kier alpha value is -2.46. The van der Waals surface area contributed by atoms with Crippen LogP contribution in [0, 0.1) is 0 Å². The van der Waals surface area contributed by atoms with Crippen molar-refractivity contribution in [2.24, 2.45) is 0 Å². The Kier molecular flexibility index (Phi) is 6.86. The Bertz CT molecular complexity index is 713. The highest BCUT2D eigenvalue weighted by Crippen LogP contribution is 2.13. The Balaban J connectivity index is 2.58. The number of benzene rings is 1. The second-order valence-corrected chi connectivity index (χ2v) is 6.75. The smallest absolute Gasteiger partial charge is 0.321 e. The van der Waals surface area contributed by atoms with Gasteiger partial charge in [-0.1, -0.05) is 0 Å². The summed E-state index contributed by atoms with van der Waals surface area (Å²) in [5.41, 5.74) is 0.447. The number of rotatable bonds is 7. The zero-order valence-corrected chi connectivity index (χ0v) is 14.3. The topological polar surface area (TPSA) is 122 Å². The van der Waals surface area contributed by atoms with Crippen molar-refractivity contribution in [1.29, 1.82) is 0 Å². The predicted molar refractivity (Wildman–Crippen MR) is 85.6 cm³/mol. The van der Waals surface area contributed by atoms with Gasteiger partial charge in [-0.2, -0.15) is 4.72 Å². The number of nitrogens with zero attached hydrogens (tertiary/aromatic N) is 1. The number of esters is 1. The van der Waals surface area contributed by atoms with E-state index < -0.39 is 35.1 Å². The number of carbonyl (C=O) groups is 3. The van der Waals surface area contributed by atoms with Gasteiger partial charge in [0, 0.05) is 26.7 Å². The number of amides is 2. The quantitative estimate of drug-likeness (QED) is 0.638. The van der Waals surface area contributed by atoms with Crippen LogP contribution in [0.15, 0.2) is 29.2 Å². The van der Waals surface area contributed by atoms with Crippen molar-refractivity contribution in [1.82, 2.24) is 9.62 Å². The maximum Gasteiger partial charge on any atom is 0.321 e. The summed E-state index contributed by atoms with van der Waals surface area (Å²) in [5.74, 6) is -1.57. The van der Waals surface area contributed by atoms with Crippen LogP contribution in [0.25, 0.3) is 0 Å². The summed E-state index contributed by atoms with van der Waals surface area (Å²) in [5, 5.41) is 2.51. The molecular formula is C14H19N3O6S. The molecule has 2 N–H and O–H groups in total. The fraction of sp³-hybridized carbons (Fsp3) is 0.357. The van der Waals surface area contributed by atoms with Crippen LogP contribution in [0.4, 0.5) is 5.69 Å². The van der Waals surface area contributed by atoms with Gasteiger partial charge in [0.05, 0.1) is 4.90 Å². The predicted octanol–water partition coefficient (Wildman–Crippen LogP) is -0.445. The molecule has 0 saturated heterocycles. The summed E-state index contributed by atoms with van der Waals surface area (Å²) >= 11 is 0.